The molecule has 1 aromatic carbocycles. The van der Waals surface area contributed by atoms with Crippen LogP contribution in [0, 0.1) is 17.3 Å². The average molecular weight is 304 g/mol. The van der Waals surface area contributed by atoms with Crippen LogP contribution in [0.25, 0.3) is 0 Å². The van der Waals surface area contributed by atoms with E-state index < -0.39 is 0 Å². The van der Waals surface area contributed by atoms with Crippen molar-refractivity contribution in [1.29, 1.82) is 0 Å². The molecule has 0 unspecified atom stereocenters. The monoisotopic (exact) mass is 304 g/mol. The Bertz CT molecular complexity index is 553. The first-order valence-electron chi connectivity index (χ1n) is 7.01. The SMILES string of the molecule is COC(=O)CC1(CSCc2ccccc2C#CCO)CC1. The maximum absolute atomic E-state index is 11.4. The van der Waals surface area contributed by atoms with Crippen molar-refractivity contribution >= 4 is 17.7 Å². The van der Waals surface area contributed by atoms with Gasteiger partial charge in [-0.25, -0.2) is 0 Å². The highest BCUT2D eigenvalue weighted by atomic mass is 32.2. The second-order valence-corrected chi connectivity index (χ2v) is 6.35. The molecule has 1 aliphatic rings. The molecule has 1 aliphatic carbocycles. The fourth-order valence-electron chi connectivity index (χ4n) is 2.21. The number of ether oxygens (including phenoxy) is 1. The third-order valence-corrected chi connectivity index (χ3v) is 5.02. The van der Waals surface area contributed by atoms with Gasteiger partial charge in [-0.05, 0) is 35.6 Å². The molecule has 0 atom stereocenters. The second kappa shape index (κ2) is 7.53. The van der Waals surface area contributed by atoms with Crippen molar-refractivity contribution in [2.24, 2.45) is 5.41 Å². The largest absolute Gasteiger partial charge is 0.469 e. The van der Waals surface area contributed by atoms with Crippen LogP contribution in [0.4, 0.5) is 0 Å². The van der Waals surface area contributed by atoms with Crippen molar-refractivity contribution in [3.8, 4) is 11.8 Å². The summed E-state index contributed by atoms with van der Waals surface area (Å²) in [6.07, 6.45) is 2.75. The van der Waals surface area contributed by atoms with Gasteiger partial charge in [-0.1, -0.05) is 30.0 Å². The molecule has 0 spiro atoms. The van der Waals surface area contributed by atoms with Crippen LogP contribution in [0.3, 0.4) is 0 Å². The highest BCUT2D eigenvalue weighted by Crippen LogP contribution is 2.51. The normalized spacial score (nSPS) is 15.0. The van der Waals surface area contributed by atoms with Crippen molar-refractivity contribution in [2.45, 2.75) is 25.0 Å². The van der Waals surface area contributed by atoms with Crippen LogP contribution in [-0.4, -0.2) is 30.5 Å². The molecule has 2 rings (SSSR count). The van der Waals surface area contributed by atoms with Crippen molar-refractivity contribution in [3.63, 3.8) is 0 Å². The summed E-state index contributed by atoms with van der Waals surface area (Å²) >= 11 is 1.84. The molecule has 1 fully saturated rings. The molecule has 0 aliphatic heterocycles. The van der Waals surface area contributed by atoms with Crippen molar-refractivity contribution < 1.29 is 14.6 Å². The van der Waals surface area contributed by atoms with Gasteiger partial charge in [0.15, 0.2) is 0 Å². The van der Waals surface area contributed by atoms with Gasteiger partial charge in [0.05, 0.1) is 13.5 Å². The van der Waals surface area contributed by atoms with E-state index in [-0.39, 0.29) is 18.0 Å². The lowest BCUT2D eigenvalue weighted by molar-refractivity contribution is -0.141. The molecule has 0 heterocycles. The number of hydrogen-bond donors (Lipinski definition) is 1. The van der Waals surface area contributed by atoms with Crippen LogP contribution < -0.4 is 0 Å². The van der Waals surface area contributed by atoms with Crippen LogP contribution in [-0.2, 0) is 15.3 Å². The van der Waals surface area contributed by atoms with E-state index in [0.717, 1.165) is 29.9 Å². The van der Waals surface area contributed by atoms with Gasteiger partial charge in [-0.3, -0.25) is 4.79 Å². The van der Waals surface area contributed by atoms with E-state index >= 15 is 0 Å². The predicted molar refractivity (Wildman–Crippen MR) is 84.9 cm³/mol. The fraction of sp³-hybridized carbons (Fsp3) is 0.471. The Morgan fingerprint density at radius 3 is 2.86 bits per heavy atom. The zero-order chi connectivity index (χ0) is 15.1. The Labute approximate surface area is 130 Å². The standard InChI is InChI=1S/C17H20O3S/c1-20-16(19)11-17(8-9-17)13-21-12-15-6-3-2-5-14(15)7-4-10-18/h2-3,5-6,18H,8-13H2,1H3. The van der Waals surface area contributed by atoms with Gasteiger partial charge in [-0.15, -0.1) is 0 Å². The number of aliphatic hydroxyl groups excluding tert-OH is 1. The number of hydrogen-bond acceptors (Lipinski definition) is 4. The molecule has 1 N–H and O–H groups in total. The molecular weight excluding hydrogens is 284 g/mol. The number of aliphatic hydroxyl groups is 1. The second-order valence-electron chi connectivity index (χ2n) is 5.36. The highest BCUT2D eigenvalue weighted by Gasteiger charge is 2.44. The maximum Gasteiger partial charge on any atom is 0.306 e. The summed E-state index contributed by atoms with van der Waals surface area (Å²) in [5.41, 5.74) is 2.30. The number of thioether (sulfide) groups is 1. The minimum Gasteiger partial charge on any atom is -0.469 e. The molecule has 0 aromatic heterocycles. The summed E-state index contributed by atoms with van der Waals surface area (Å²) in [7, 11) is 1.45. The Hall–Kier alpha value is -1.44. The molecule has 0 saturated heterocycles. The summed E-state index contributed by atoms with van der Waals surface area (Å²) < 4.78 is 4.76. The van der Waals surface area contributed by atoms with Gasteiger partial charge in [0.2, 0.25) is 0 Å². The number of carbonyl (C=O) groups is 1. The highest BCUT2D eigenvalue weighted by molar-refractivity contribution is 7.98. The Morgan fingerprint density at radius 2 is 2.19 bits per heavy atom. The third-order valence-electron chi connectivity index (χ3n) is 3.69. The van der Waals surface area contributed by atoms with E-state index in [1.165, 1.54) is 12.7 Å². The van der Waals surface area contributed by atoms with Gasteiger partial charge in [0, 0.05) is 11.3 Å². The van der Waals surface area contributed by atoms with E-state index in [2.05, 4.69) is 17.9 Å². The average Bonchev–Trinajstić information content (AvgIpc) is 3.25. The summed E-state index contributed by atoms with van der Waals surface area (Å²) in [6.45, 7) is -0.121. The predicted octanol–water partition coefficient (Wildman–Crippen LogP) is 2.61. The van der Waals surface area contributed by atoms with Crippen molar-refractivity contribution in [2.75, 3.05) is 19.5 Å². The summed E-state index contributed by atoms with van der Waals surface area (Å²) in [5.74, 6) is 7.41. The van der Waals surface area contributed by atoms with Crippen LogP contribution in [0.5, 0.6) is 0 Å². The lowest BCUT2D eigenvalue weighted by Crippen LogP contribution is -2.13. The molecule has 3 nitrogen and oxygen atoms in total. The van der Waals surface area contributed by atoms with Crippen molar-refractivity contribution in [3.05, 3.63) is 35.4 Å². The number of rotatable bonds is 6. The minimum absolute atomic E-state index is 0.109. The first-order valence-corrected chi connectivity index (χ1v) is 8.17. The number of benzene rings is 1. The lowest BCUT2D eigenvalue weighted by Gasteiger charge is -2.13. The van der Waals surface area contributed by atoms with Crippen LogP contribution >= 0.6 is 11.8 Å². The smallest absolute Gasteiger partial charge is 0.306 e. The minimum atomic E-state index is -0.121. The lowest BCUT2D eigenvalue weighted by atomic mass is 10.1. The zero-order valence-electron chi connectivity index (χ0n) is 12.2. The first kappa shape index (κ1) is 15.9. The summed E-state index contributed by atoms with van der Waals surface area (Å²) in [6, 6.07) is 7.99. The van der Waals surface area contributed by atoms with Gasteiger partial charge < -0.3 is 9.84 Å². The summed E-state index contributed by atoms with van der Waals surface area (Å²) in [5, 5.41) is 8.79. The van der Waals surface area contributed by atoms with Gasteiger partial charge in [0.1, 0.15) is 6.61 Å². The van der Waals surface area contributed by atoms with Crippen LogP contribution in [0.2, 0.25) is 0 Å². The molecule has 1 saturated carbocycles. The van der Waals surface area contributed by atoms with E-state index in [1.807, 2.05) is 30.0 Å². The number of methoxy groups -OCH3 is 1. The van der Waals surface area contributed by atoms with Crippen molar-refractivity contribution in [1.82, 2.24) is 0 Å². The van der Waals surface area contributed by atoms with Gasteiger partial charge >= 0.3 is 5.97 Å². The van der Waals surface area contributed by atoms with Crippen LogP contribution in [0.1, 0.15) is 30.4 Å². The molecular formula is C17H20O3S. The topological polar surface area (TPSA) is 46.5 Å². The Balaban J connectivity index is 1.88. The molecule has 21 heavy (non-hydrogen) atoms. The zero-order valence-corrected chi connectivity index (χ0v) is 13.0. The third kappa shape index (κ3) is 4.80. The molecule has 0 radical (unpaired) electrons. The van der Waals surface area contributed by atoms with Gasteiger partial charge in [-0.2, -0.15) is 11.8 Å². The Kier molecular flexibility index (Phi) is 5.72. The molecule has 0 bridgehead atoms. The van der Waals surface area contributed by atoms with E-state index in [1.54, 1.807) is 0 Å². The molecule has 112 valence electrons. The molecule has 1 aromatic rings. The molecule has 4 heteroatoms. The molecule has 0 amide bonds. The summed E-state index contributed by atoms with van der Waals surface area (Å²) in [4.78, 5) is 11.4. The Morgan fingerprint density at radius 1 is 1.43 bits per heavy atom. The number of carbonyl (C=O) groups excluding carboxylic acids is 1. The van der Waals surface area contributed by atoms with Crippen LogP contribution in [0.15, 0.2) is 24.3 Å². The number of esters is 1. The van der Waals surface area contributed by atoms with Gasteiger partial charge in [0.25, 0.3) is 0 Å². The maximum atomic E-state index is 11.4. The first-order chi connectivity index (χ1) is 10.2. The van der Waals surface area contributed by atoms with E-state index in [0.29, 0.717) is 6.42 Å². The quantitative estimate of drug-likeness (QED) is 0.648. The van der Waals surface area contributed by atoms with E-state index in [9.17, 15) is 4.79 Å². The fourth-order valence-corrected chi connectivity index (χ4v) is 3.61. The van der Waals surface area contributed by atoms with E-state index in [4.69, 9.17) is 9.84 Å².